The topological polar surface area (TPSA) is 122 Å². The van der Waals surface area contributed by atoms with E-state index >= 15 is 0 Å². The molecule has 9 nitrogen and oxygen atoms in total. The van der Waals surface area contributed by atoms with Gasteiger partial charge in [0.2, 0.25) is 0 Å². The fourth-order valence-corrected chi connectivity index (χ4v) is 3.88. The molecule has 5 aromatic rings. The van der Waals surface area contributed by atoms with Crippen LogP contribution in [0.4, 0.5) is 5.82 Å². The number of hydrogen-bond donors (Lipinski definition) is 3. The van der Waals surface area contributed by atoms with Gasteiger partial charge in [-0.25, -0.2) is 4.98 Å². The molecule has 0 spiro atoms. The molecule has 1 amide bonds. The molecule has 3 heterocycles. The Morgan fingerprint density at radius 3 is 2.78 bits per heavy atom. The molecule has 0 aliphatic rings. The summed E-state index contributed by atoms with van der Waals surface area (Å²) in [5.41, 5.74) is 3.33. The summed E-state index contributed by atoms with van der Waals surface area (Å²) in [5, 5.41) is 6.61. The molecule has 0 saturated heterocycles. The number of carbonyl (C=O) groups is 1. The largest absolute Gasteiger partial charge is 0.496 e. The standard InChI is InChI=1S/C27H23N5O4/c1-35-24-11-22-20(10-21(24)25-15-28-16-36-25)23(33)12-26(32-22)30-13-17-5-4-6-18(9-17)27(34)31-14-19-7-2-3-8-29-19/h2-12,15-16H,13-14H2,1H3,(H,31,34)(H2,30,32,33). The van der Waals surface area contributed by atoms with Gasteiger partial charge < -0.3 is 24.8 Å². The van der Waals surface area contributed by atoms with Crippen molar-refractivity contribution < 1.29 is 13.9 Å². The van der Waals surface area contributed by atoms with E-state index in [-0.39, 0.29) is 11.3 Å². The number of rotatable bonds is 8. The zero-order chi connectivity index (χ0) is 24.9. The molecule has 0 unspecified atom stereocenters. The normalized spacial score (nSPS) is 10.8. The number of carbonyl (C=O) groups excluding carboxylic acids is 1. The van der Waals surface area contributed by atoms with E-state index in [1.54, 1.807) is 37.7 Å². The van der Waals surface area contributed by atoms with Crippen molar-refractivity contribution in [1.29, 1.82) is 0 Å². The highest BCUT2D eigenvalue weighted by Crippen LogP contribution is 2.32. The lowest BCUT2D eigenvalue weighted by Crippen LogP contribution is -2.23. The van der Waals surface area contributed by atoms with E-state index in [0.717, 1.165) is 11.3 Å². The maximum Gasteiger partial charge on any atom is 0.251 e. The summed E-state index contributed by atoms with van der Waals surface area (Å²) in [6.45, 7) is 0.762. The van der Waals surface area contributed by atoms with E-state index in [9.17, 15) is 9.59 Å². The number of fused-ring (bicyclic) bond motifs is 1. The number of nitrogens with one attached hydrogen (secondary N) is 3. The molecule has 0 radical (unpaired) electrons. The van der Waals surface area contributed by atoms with Crippen molar-refractivity contribution in [2.24, 2.45) is 0 Å². The average Bonchev–Trinajstić information content (AvgIpc) is 3.45. The van der Waals surface area contributed by atoms with Gasteiger partial charge in [0.1, 0.15) is 11.6 Å². The molecule has 3 aromatic heterocycles. The van der Waals surface area contributed by atoms with Crippen LogP contribution in [0.15, 0.2) is 88.7 Å². The Hall–Kier alpha value is -4.92. The Kier molecular flexibility index (Phi) is 6.44. The summed E-state index contributed by atoms with van der Waals surface area (Å²) in [6.07, 6.45) is 4.59. The van der Waals surface area contributed by atoms with Crippen LogP contribution in [0, 0.1) is 0 Å². The van der Waals surface area contributed by atoms with E-state index in [1.807, 2.05) is 36.4 Å². The number of methoxy groups -OCH3 is 1. The highest BCUT2D eigenvalue weighted by molar-refractivity contribution is 5.94. The third-order valence-electron chi connectivity index (χ3n) is 5.68. The molecule has 0 fully saturated rings. The number of benzene rings is 2. The minimum atomic E-state index is -0.184. The van der Waals surface area contributed by atoms with E-state index in [0.29, 0.717) is 52.4 Å². The first kappa shape index (κ1) is 22.9. The SMILES string of the molecule is COc1cc2[nH]c(NCc3cccc(C(=O)NCc4ccccn4)c3)cc(=O)c2cc1-c1cnco1. The van der Waals surface area contributed by atoms with Crippen molar-refractivity contribution in [3.8, 4) is 17.1 Å². The van der Waals surface area contributed by atoms with E-state index in [4.69, 9.17) is 9.15 Å². The molecule has 0 atom stereocenters. The predicted molar refractivity (Wildman–Crippen MR) is 136 cm³/mol. The number of oxazole rings is 1. The lowest BCUT2D eigenvalue weighted by Gasteiger charge is -2.12. The van der Waals surface area contributed by atoms with Gasteiger partial charge in [0, 0.05) is 35.8 Å². The van der Waals surface area contributed by atoms with Gasteiger partial charge in [-0.3, -0.25) is 14.6 Å². The maximum atomic E-state index is 12.9. The number of aromatic amines is 1. The molecule has 0 bridgehead atoms. The summed E-state index contributed by atoms with van der Waals surface area (Å²) in [4.78, 5) is 36.8. The molecule has 0 saturated carbocycles. The summed E-state index contributed by atoms with van der Waals surface area (Å²) >= 11 is 0. The second kappa shape index (κ2) is 10.1. The van der Waals surface area contributed by atoms with Crippen molar-refractivity contribution >= 4 is 22.6 Å². The molecule has 5 rings (SSSR count). The van der Waals surface area contributed by atoms with Crippen LogP contribution in [0.3, 0.4) is 0 Å². The van der Waals surface area contributed by atoms with Crippen LogP contribution in [-0.4, -0.2) is 28.0 Å². The van der Waals surface area contributed by atoms with Crippen molar-refractivity contribution in [2.75, 3.05) is 12.4 Å². The number of amides is 1. The van der Waals surface area contributed by atoms with Crippen LogP contribution in [0.5, 0.6) is 5.75 Å². The van der Waals surface area contributed by atoms with Gasteiger partial charge in [-0.2, -0.15) is 0 Å². The van der Waals surface area contributed by atoms with Gasteiger partial charge in [-0.1, -0.05) is 18.2 Å². The van der Waals surface area contributed by atoms with Crippen molar-refractivity contribution in [2.45, 2.75) is 13.1 Å². The number of anilines is 1. The zero-order valence-corrected chi connectivity index (χ0v) is 19.4. The Labute approximate surface area is 206 Å². The molecule has 9 heteroatoms. The van der Waals surface area contributed by atoms with Gasteiger partial charge in [-0.05, 0) is 35.9 Å². The van der Waals surface area contributed by atoms with Crippen LogP contribution in [0.25, 0.3) is 22.2 Å². The van der Waals surface area contributed by atoms with Gasteiger partial charge in [0.25, 0.3) is 5.91 Å². The summed E-state index contributed by atoms with van der Waals surface area (Å²) in [5.74, 6) is 1.43. The van der Waals surface area contributed by atoms with Crippen LogP contribution in [-0.2, 0) is 13.1 Å². The van der Waals surface area contributed by atoms with Crippen LogP contribution in [0.2, 0.25) is 0 Å². The predicted octanol–water partition coefficient (Wildman–Crippen LogP) is 4.13. The van der Waals surface area contributed by atoms with Gasteiger partial charge in [0.05, 0.1) is 36.6 Å². The Morgan fingerprint density at radius 2 is 2.00 bits per heavy atom. The van der Waals surface area contributed by atoms with Crippen molar-refractivity contribution in [3.63, 3.8) is 0 Å². The van der Waals surface area contributed by atoms with Crippen LogP contribution < -0.4 is 20.8 Å². The fourth-order valence-electron chi connectivity index (χ4n) is 3.88. The minimum Gasteiger partial charge on any atom is -0.496 e. The van der Waals surface area contributed by atoms with Crippen LogP contribution >= 0.6 is 0 Å². The summed E-state index contributed by atoms with van der Waals surface area (Å²) < 4.78 is 10.9. The van der Waals surface area contributed by atoms with Crippen molar-refractivity contribution in [3.05, 3.63) is 106 Å². The van der Waals surface area contributed by atoms with E-state index in [2.05, 4.69) is 25.6 Å². The Morgan fingerprint density at radius 1 is 1.08 bits per heavy atom. The number of aromatic nitrogens is 3. The quantitative estimate of drug-likeness (QED) is 0.305. The number of pyridine rings is 2. The first-order valence-electron chi connectivity index (χ1n) is 11.3. The molecular formula is C27H23N5O4. The highest BCUT2D eigenvalue weighted by Gasteiger charge is 2.14. The summed E-state index contributed by atoms with van der Waals surface area (Å²) in [7, 11) is 1.56. The molecule has 36 heavy (non-hydrogen) atoms. The van der Waals surface area contributed by atoms with E-state index in [1.165, 1.54) is 12.5 Å². The average molecular weight is 482 g/mol. The smallest absolute Gasteiger partial charge is 0.251 e. The number of nitrogens with zero attached hydrogens (tertiary/aromatic N) is 2. The first-order chi connectivity index (χ1) is 17.6. The number of H-pyrrole nitrogens is 1. The molecule has 2 aromatic carbocycles. The fraction of sp³-hybridized carbons (Fsp3) is 0.111. The molecular weight excluding hydrogens is 458 g/mol. The zero-order valence-electron chi connectivity index (χ0n) is 19.4. The van der Waals surface area contributed by atoms with Crippen LogP contribution in [0.1, 0.15) is 21.6 Å². The lowest BCUT2D eigenvalue weighted by molar-refractivity contribution is 0.0950. The van der Waals surface area contributed by atoms with Crippen molar-refractivity contribution in [1.82, 2.24) is 20.3 Å². The number of ether oxygens (including phenoxy) is 1. The lowest BCUT2D eigenvalue weighted by atomic mass is 10.1. The Balaban J connectivity index is 1.31. The number of hydrogen-bond acceptors (Lipinski definition) is 7. The van der Waals surface area contributed by atoms with E-state index < -0.39 is 0 Å². The third kappa shape index (κ3) is 4.95. The molecule has 3 N–H and O–H groups in total. The monoisotopic (exact) mass is 481 g/mol. The Bertz CT molecular complexity index is 1560. The summed E-state index contributed by atoms with van der Waals surface area (Å²) in [6, 6.07) is 17.9. The van der Waals surface area contributed by atoms with Gasteiger partial charge in [-0.15, -0.1) is 0 Å². The van der Waals surface area contributed by atoms with Gasteiger partial charge in [0.15, 0.2) is 17.6 Å². The maximum absolute atomic E-state index is 12.9. The first-order valence-corrected chi connectivity index (χ1v) is 11.3. The second-order valence-corrected chi connectivity index (χ2v) is 8.07. The minimum absolute atomic E-state index is 0.155. The second-order valence-electron chi connectivity index (χ2n) is 8.07. The highest BCUT2D eigenvalue weighted by atomic mass is 16.5. The molecule has 0 aliphatic carbocycles. The van der Waals surface area contributed by atoms with Gasteiger partial charge >= 0.3 is 0 Å². The molecule has 0 aliphatic heterocycles. The molecule has 180 valence electrons. The third-order valence-corrected chi connectivity index (χ3v) is 5.68.